The number of rotatable bonds is 0. The average Bonchev–Trinajstić information content (AvgIpc) is 2.02. The largest absolute Gasteiger partial charge is 0.394 e. The van der Waals surface area contributed by atoms with Crippen LogP contribution in [0.2, 0.25) is 0 Å². The zero-order valence-corrected chi connectivity index (χ0v) is 9.29. The third kappa shape index (κ3) is 248. The highest BCUT2D eigenvalue weighted by Crippen LogP contribution is 1.59. The number of nitrogens with one attached hydrogen (secondary N) is 2. The first-order valence-electron chi connectivity index (χ1n) is 2.76. The number of hydrazine groups is 2. The summed E-state index contributed by atoms with van der Waals surface area (Å²) in [6.07, 6.45) is 0. The highest BCUT2D eigenvalue weighted by atomic mass is 35.5. The van der Waals surface area contributed by atoms with Crippen molar-refractivity contribution in [2.75, 3.05) is 0 Å². The van der Waals surface area contributed by atoms with Crippen molar-refractivity contribution in [2.45, 2.75) is 0 Å². The second kappa shape index (κ2) is 13.6. The van der Waals surface area contributed by atoms with E-state index < -0.39 is 22.5 Å². The molecule has 0 aromatic rings. The van der Waals surface area contributed by atoms with E-state index in [9.17, 15) is 9.59 Å². The van der Waals surface area contributed by atoms with Gasteiger partial charge in [0.15, 0.2) is 0 Å². The highest BCUT2D eigenvalue weighted by molar-refractivity contribution is 7.79. The lowest BCUT2D eigenvalue weighted by Crippen LogP contribution is -2.34. The number of amides is 4. The minimum atomic E-state index is -4.67. The fourth-order valence-electron chi connectivity index (χ4n) is 0. The first kappa shape index (κ1) is 24.0. The monoisotopic (exact) mass is 284 g/mol. The Labute approximate surface area is 96.6 Å². The first-order valence-corrected chi connectivity index (χ1v) is 4.16. The minimum absolute atomic E-state index is 0. The number of primary amides is 2. The van der Waals surface area contributed by atoms with Gasteiger partial charge in [0.05, 0.1) is 0 Å². The Morgan fingerprint density at radius 1 is 0.938 bits per heavy atom. The van der Waals surface area contributed by atoms with Crippen LogP contribution in [0.5, 0.6) is 0 Å². The quantitative estimate of drug-likeness (QED) is 0.0973. The molecule has 4 amide bonds. The van der Waals surface area contributed by atoms with Crippen LogP contribution < -0.4 is 34.0 Å². The first-order chi connectivity index (χ1) is 6.54. The maximum atomic E-state index is 9.35. The van der Waals surface area contributed by atoms with Crippen LogP contribution in [0.4, 0.5) is 9.59 Å². The van der Waals surface area contributed by atoms with E-state index in [-0.39, 0.29) is 12.4 Å². The molecule has 16 heavy (non-hydrogen) atoms. The topological polar surface area (TPSA) is 237 Å². The summed E-state index contributed by atoms with van der Waals surface area (Å²) in [5.74, 6) is 8.89. The van der Waals surface area contributed by atoms with Crippen molar-refractivity contribution in [3.63, 3.8) is 0 Å². The lowest BCUT2D eigenvalue weighted by molar-refractivity contribution is 0.248. The molecule has 14 heteroatoms. The SMILES string of the molecule is Cl.NNC(N)=O.NNC(N)=O.O=S(=O)(O)O. The van der Waals surface area contributed by atoms with Gasteiger partial charge in [-0.1, -0.05) is 0 Å². The molecular formula is C2H13ClN6O6S. The van der Waals surface area contributed by atoms with Gasteiger partial charge in [-0.15, -0.1) is 12.4 Å². The molecule has 12 nitrogen and oxygen atoms in total. The van der Waals surface area contributed by atoms with Gasteiger partial charge in [0.25, 0.3) is 0 Å². The van der Waals surface area contributed by atoms with Gasteiger partial charge in [-0.2, -0.15) is 8.42 Å². The summed E-state index contributed by atoms with van der Waals surface area (Å²) < 4.78 is 31.6. The van der Waals surface area contributed by atoms with Crippen molar-refractivity contribution < 1.29 is 27.1 Å². The number of urea groups is 2. The summed E-state index contributed by atoms with van der Waals surface area (Å²) >= 11 is 0. The van der Waals surface area contributed by atoms with Crippen molar-refractivity contribution in [3.8, 4) is 0 Å². The van der Waals surface area contributed by atoms with Crippen molar-refractivity contribution >= 4 is 34.9 Å². The maximum absolute atomic E-state index is 9.35. The fraction of sp³-hybridized carbons (Fsp3) is 0. The fourth-order valence-corrected chi connectivity index (χ4v) is 0. The zero-order chi connectivity index (χ0) is 13.1. The molecule has 0 rings (SSSR count). The van der Waals surface area contributed by atoms with Crippen molar-refractivity contribution in [1.82, 2.24) is 10.9 Å². The summed E-state index contributed by atoms with van der Waals surface area (Å²) in [6, 6.07) is -1.44. The lowest BCUT2D eigenvalue weighted by Gasteiger charge is -1.81. The molecule has 0 spiro atoms. The van der Waals surface area contributed by atoms with E-state index in [1.54, 1.807) is 10.9 Å². The summed E-state index contributed by atoms with van der Waals surface area (Å²) in [5.41, 5.74) is 12.2. The van der Waals surface area contributed by atoms with Crippen LogP contribution in [0.15, 0.2) is 0 Å². The van der Waals surface area contributed by atoms with E-state index >= 15 is 0 Å². The molecule has 0 heterocycles. The number of carbonyl (C=O) groups excluding carboxylic acids is 2. The van der Waals surface area contributed by atoms with Crippen LogP contribution in [0.3, 0.4) is 0 Å². The molecule has 0 bridgehead atoms. The number of hydrogen-bond acceptors (Lipinski definition) is 6. The second-order valence-electron chi connectivity index (χ2n) is 1.47. The molecule has 0 radical (unpaired) electrons. The molecule has 0 aliphatic heterocycles. The number of hydrogen-bond donors (Lipinski definition) is 8. The molecule has 0 aliphatic carbocycles. The van der Waals surface area contributed by atoms with Crippen LogP contribution in [-0.2, 0) is 10.4 Å². The van der Waals surface area contributed by atoms with E-state index in [1.807, 2.05) is 0 Å². The standard InChI is InChI=1S/2CH5N3O.ClH.H2O4S/c2*2-1(5)4-3;;1-5(2,3)4/h2*3H2,(H3,2,4,5);1H;(H2,1,2,3,4). The predicted octanol–water partition coefficient (Wildman–Crippen LogP) is -3.17. The van der Waals surface area contributed by atoms with Crippen molar-refractivity contribution in [2.24, 2.45) is 23.2 Å². The Morgan fingerprint density at radius 2 is 1.00 bits per heavy atom. The summed E-state index contributed by atoms with van der Waals surface area (Å²) in [5, 5.41) is 0. The lowest BCUT2D eigenvalue weighted by atomic mass is 11.2. The maximum Gasteiger partial charge on any atom is 0.394 e. The normalized spacial score (nSPS) is 7.75. The molecule has 0 aromatic heterocycles. The van der Waals surface area contributed by atoms with Gasteiger partial charge in [-0.3, -0.25) is 20.0 Å². The van der Waals surface area contributed by atoms with Crippen LogP contribution in [0.1, 0.15) is 0 Å². The third-order valence-corrected chi connectivity index (χ3v) is 0.285. The minimum Gasteiger partial charge on any atom is -0.351 e. The molecule has 0 atom stereocenters. The van der Waals surface area contributed by atoms with E-state index in [0.29, 0.717) is 0 Å². The third-order valence-electron chi connectivity index (χ3n) is 0.285. The second-order valence-corrected chi connectivity index (χ2v) is 2.36. The van der Waals surface area contributed by atoms with Gasteiger partial charge in [0.2, 0.25) is 0 Å². The van der Waals surface area contributed by atoms with Crippen LogP contribution >= 0.6 is 12.4 Å². The van der Waals surface area contributed by atoms with Gasteiger partial charge in [-0.05, 0) is 0 Å². The van der Waals surface area contributed by atoms with Crippen LogP contribution in [0, 0.1) is 0 Å². The van der Waals surface area contributed by atoms with Gasteiger partial charge in [0.1, 0.15) is 0 Å². The number of halogens is 1. The number of carbonyl (C=O) groups is 2. The molecule has 0 saturated heterocycles. The molecule has 0 aliphatic rings. The Balaban J connectivity index is -0.0000000655. The molecule has 0 fully saturated rings. The molecule has 0 aromatic carbocycles. The van der Waals surface area contributed by atoms with Gasteiger partial charge < -0.3 is 11.5 Å². The molecule has 12 N–H and O–H groups in total. The van der Waals surface area contributed by atoms with Crippen LogP contribution in [0.25, 0.3) is 0 Å². The average molecular weight is 285 g/mol. The van der Waals surface area contributed by atoms with Crippen molar-refractivity contribution in [3.05, 3.63) is 0 Å². The van der Waals surface area contributed by atoms with Crippen molar-refractivity contribution in [1.29, 1.82) is 0 Å². The summed E-state index contributed by atoms with van der Waals surface area (Å²) in [4.78, 5) is 18.7. The Hall–Kier alpha value is -1.38. The molecule has 100 valence electrons. The Kier molecular flexibility index (Phi) is 20.5. The summed E-state index contributed by atoms with van der Waals surface area (Å²) in [7, 11) is -4.67. The van der Waals surface area contributed by atoms with Crippen LogP contribution in [-0.4, -0.2) is 29.6 Å². The molecule has 0 saturated carbocycles. The molecule has 0 unspecified atom stereocenters. The molecular weight excluding hydrogens is 272 g/mol. The van der Waals surface area contributed by atoms with Gasteiger partial charge in [0, 0.05) is 0 Å². The highest BCUT2D eigenvalue weighted by Gasteiger charge is 1.84. The Bertz CT molecular complexity index is 257. The van der Waals surface area contributed by atoms with E-state index in [4.69, 9.17) is 17.5 Å². The van der Waals surface area contributed by atoms with Gasteiger partial charge in [-0.25, -0.2) is 21.3 Å². The van der Waals surface area contributed by atoms with E-state index in [1.165, 1.54) is 0 Å². The van der Waals surface area contributed by atoms with E-state index in [2.05, 4.69) is 23.2 Å². The zero-order valence-electron chi connectivity index (χ0n) is 7.65. The van der Waals surface area contributed by atoms with Gasteiger partial charge >= 0.3 is 22.5 Å². The summed E-state index contributed by atoms with van der Waals surface area (Å²) in [6.45, 7) is 0. The predicted molar refractivity (Wildman–Crippen MR) is 55.2 cm³/mol. The number of nitrogens with two attached hydrogens (primary N) is 4. The Morgan fingerprint density at radius 3 is 1.00 bits per heavy atom. The van der Waals surface area contributed by atoms with E-state index in [0.717, 1.165) is 0 Å². The smallest absolute Gasteiger partial charge is 0.351 e.